The van der Waals surface area contributed by atoms with Gasteiger partial charge in [-0.05, 0) is 36.3 Å². The predicted molar refractivity (Wildman–Crippen MR) is 113 cm³/mol. The van der Waals surface area contributed by atoms with Crippen molar-refractivity contribution >= 4 is 17.6 Å². The Morgan fingerprint density at radius 2 is 1.70 bits per heavy atom. The lowest BCUT2D eigenvalue weighted by Crippen LogP contribution is -2.20. The average Bonchev–Trinajstić information content (AvgIpc) is 2.70. The highest BCUT2D eigenvalue weighted by atomic mass is 16.1. The normalized spacial score (nSPS) is 21.3. The van der Waals surface area contributed by atoms with Gasteiger partial charge in [0, 0.05) is 18.8 Å². The van der Waals surface area contributed by atoms with Gasteiger partial charge < -0.3 is 0 Å². The molecule has 0 radical (unpaired) electrons. The third kappa shape index (κ3) is 7.82. The fourth-order valence-corrected chi connectivity index (χ4v) is 4.31. The summed E-state index contributed by atoms with van der Waals surface area (Å²) in [4.78, 5) is 24.6. The highest BCUT2D eigenvalue weighted by molar-refractivity contribution is 5.95. The third-order valence-electron chi connectivity index (χ3n) is 6.10. The van der Waals surface area contributed by atoms with Gasteiger partial charge in [0.15, 0.2) is 5.78 Å². The largest absolute Gasteiger partial charge is 0.300 e. The molecule has 2 rings (SSSR count). The van der Waals surface area contributed by atoms with Gasteiger partial charge in [0.2, 0.25) is 0 Å². The van der Waals surface area contributed by atoms with Crippen molar-refractivity contribution in [2.45, 2.75) is 78.1 Å². The van der Waals surface area contributed by atoms with Crippen LogP contribution in [-0.4, -0.2) is 11.6 Å². The van der Waals surface area contributed by atoms with Crippen LogP contribution in [0, 0.1) is 17.8 Å². The Hall–Kier alpha value is -1.70. The van der Waals surface area contributed by atoms with E-state index >= 15 is 0 Å². The van der Waals surface area contributed by atoms with E-state index in [1.165, 1.54) is 38.5 Å². The smallest absolute Gasteiger partial charge is 0.158 e. The Labute approximate surface area is 165 Å². The Kier molecular flexibility index (Phi) is 9.52. The van der Waals surface area contributed by atoms with Crippen LogP contribution in [0.3, 0.4) is 0 Å². The van der Waals surface area contributed by atoms with Gasteiger partial charge >= 0.3 is 0 Å². The molecule has 1 aliphatic carbocycles. The van der Waals surface area contributed by atoms with E-state index in [2.05, 4.69) is 6.92 Å². The maximum Gasteiger partial charge on any atom is 0.158 e. The van der Waals surface area contributed by atoms with Crippen molar-refractivity contribution in [3.05, 3.63) is 42.0 Å². The Morgan fingerprint density at radius 1 is 1.04 bits per heavy atom. The topological polar surface area (TPSA) is 34.1 Å². The number of hydrogen-bond acceptors (Lipinski definition) is 2. The summed E-state index contributed by atoms with van der Waals surface area (Å²) in [5.74, 6) is 1.94. The minimum absolute atomic E-state index is 0.0866. The molecule has 1 aromatic rings. The van der Waals surface area contributed by atoms with E-state index in [0.717, 1.165) is 23.8 Å². The van der Waals surface area contributed by atoms with E-state index in [0.29, 0.717) is 25.0 Å². The SMILES string of the molecule is CCCC1CCCCC1CCC(=O)CCC(C)C(=O)/C=C/c1ccccc1. The zero-order valence-electron chi connectivity index (χ0n) is 17.2. The van der Waals surface area contributed by atoms with E-state index in [9.17, 15) is 9.59 Å². The van der Waals surface area contributed by atoms with E-state index in [-0.39, 0.29) is 11.7 Å². The number of ketones is 2. The second-order valence-electron chi connectivity index (χ2n) is 8.26. The molecule has 0 saturated heterocycles. The Morgan fingerprint density at radius 3 is 2.37 bits per heavy atom. The molecule has 2 heteroatoms. The molecule has 3 unspecified atom stereocenters. The van der Waals surface area contributed by atoms with Crippen molar-refractivity contribution < 1.29 is 9.59 Å². The molecule has 1 aromatic carbocycles. The second-order valence-corrected chi connectivity index (χ2v) is 8.26. The molecule has 2 nitrogen and oxygen atoms in total. The van der Waals surface area contributed by atoms with Crippen LogP contribution in [0.25, 0.3) is 6.08 Å². The third-order valence-corrected chi connectivity index (χ3v) is 6.10. The zero-order chi connectivity index (χ0) is 19.5. The molecule has 0 spiro atoms. The lowest BCUT2D eigenvalue weighted by Gasteiger charge is -2.31. The van der Waals surface area contributed by atoms with Gasteiger partial charge in [-0.1, -0.05) is 88.8 Å². The Balaban J connectivity index is 1.69. The number of allylic oxidation sites excluding steroid dienone is 1. The van der Waals surface area contributed by atoms with Crippen LogP contribution in [0.5, 0.6) is 0 Å². The summed E-state index contributed by atoms with van der Waals surface area (Å²) < 4.78 is 0. The standard InChI is InChI=1S/C25H36O2/c1-3-9-22-12-7-8-13-23(22)16-18-24(26)17-14-20(2)25(27)19-15-21-10-5-4-6-11-21/h4-6,10-11,15,19-20,22-23H,3,7-9,12-14,16-18H2,1-2H3/b19-15+. The van der Waals surface area contributed by atoms with Gasteiger partial charge in [-0.3, -0.25) is 9.59 Å². The lowest BCUT2D eigenvalue weighted by molar-refractivity contribution is -0.120. The number of carbonyl (C=O) groups is 2. The first kappa shape index (κ1) is 21.6. The van der Waals surface area contributed by atoms with Crippen molar-refractivity contribution in [2.24, 2.45) is 17.8 Å². The van der Waals surface area contributed by atoms with Crippen LogP contribution in [0.15, 0.2) is 36.4 Å². The van der Waals surface area contributed by atoms with Gasteiger partial charge in [0.25, 0.3) is 0 Å². The lowest BCUT2D eigenvalue weighted by atomic mass is 9.74. The number of carbonyl (C=O) groups excluding carboxylic acids is 2. The van der Waals surface area contributed by atoms with Gasteiger partial charge in [-0.25, -0.2) is 0 Å². The molecule has 148 valence electrons. The summed E-state index contributed by atoms with van der Waals surface area (Å²) in [7, 11) is 0. The van der Waals surface area contributed by atoms with Gasteiger partial charge in [0.05, 0.1) is 0 Å². The molecule has 3 atom stereocenters. The number of Topliss-reactive ketones (excluding diaryl/α,β-unsaturated/α-hetero) is 1. The van der Waals surface area contributed by atoms with Crippen LogP contribution in [-0.2, 0) is 9.59 Å². The van der Waals surface area contributed by atoms with Crippen LogP contribution >= 0.6 is 0 Å². The first-order valence-corrected chi connectivity index (χ1v) is 10.9. The van der Waals surface area contributed by atoms with E-state index < -0.39 is 0 Å². The quantitative estimate of drug-likeness (QED) is 0.410. The molecular formula is C25H36O2. The summed E-state index contributed by atoms with van der Waals surface area (Å²) in [5, 5.41) is 0. The maximum absolute atomic E-state index is 12.3. The first-order chi connectivity index (χ1) is 13.1. The molecule has 0 heterocycles. The molecule has 27 heavy (non-hydrogen) atoms. The molecule has 0 aromatic heterocycles. The Bertz CT molecular complexity index is 600. The number of rotatable bonds is 11. The fraction of sp³-hybridized carbons (Fsp3) is 0.600. The first-order valence-electron chi connectivity index (χ1n) is 10.9. The molecule has 1 saturated carbocycles. The van der Waals surface area contributed by atoms with Crippen LogP contribution in [0.4, 0.5) is 0 Å². The molecule has 0 N–H and O–H groups in total. The summed E-state index contributed by atoms with van der Waals surface area (Å²) in [5.41, 5.74) is 1.03. The second kappa shape index (κ2) is 11.9. The highest BCUT2D eigenvalue weighted by Crippen LogP contribution is 2.36. The summed E-state index contributed by atoms with van der Waals surface area (Å²) >= 11 is 0. The maximum atomic E-state index is 12.3. The molecule has 0 bridgehead atoms. The van der Waals surface area contributed by atoms with E-state index in [4.69, 9.17) is 0 Å². The van der Waals surface area contributed by atoms with Crippen molar-refractivity contribution in [3.8, 4) is 0 Å². The fourth-order valence-electron chi connectivity index (χ4n) is 4.31. The highest BCUT2D eigenvalue weighted by Gasteiger charge is 2.24. The van der Waals surface area contributed by atoms with Crippen molar-refractivity contribution in [1.29, 1.82) is 0 Å². The zero-order valence-corrected chi connectivity index (χ0v) is 17.2. The van der Waals surface area contributed by atoms with Crippen LogP contribution < -0.4 is 0 Å². The van der Waals surface area contributed by atoms with Crippen molar-refractivity contribution in [2.75, 3.05) is 0 Å². The van der Waals surface area contributed by atoms with E-state index in [1.807, 2.05) is 43.3 Å². The van der Waals surface area contributed by atoms with Gasteiger partial charge in [-0.2, -0.15) is 0 Å². The molecular weight excluding hydrogens is 332 g/mol. The van der Waals surface area contributed by atoms with Crippen LogP contribution in [0.2, 0.25) is 0 Å². The summed E-state index contributed by atoms with van der Waals surface area (Å²) in [6.45, 7) is 4.20. The monoisotopic (exact) mass is 368 g/mol. The number of hydrogen-bond donors (Lipinski definition) is 0. The minimum Gasteiger partial charge on any atom is -0.300 e. The molecule has 0 amide bonds. The van der Waals surface area contributed by atoms with Gasteiger partial charge in [-0.15, -0.1) is 0 Å². The summed E-state index contributed by atoms with van der Waals surface area (Å²) in [6.07, 6.45) is 14.4. The number of benzene rings is 1. The van der Waals surface area contributed by atoms with E-state index in [1.54, 1.807) is 6.08 Å². The minimum atomic E-state index is -0.0866. The predicted octanol–water partition coefficient (Wildman–Crippen LogP) is 6.64. The van der Waals surface area contributed by atoms with Crippen molar-refractivity contribution in [1.82, 2.24) is 0 Å². The van der Waals surface area contributed by atoms with Crippen LogP contribution in [0.1, 0.15) is 83.6 Å². The molecule has 0 aliphatic heterocycles. The molecule has 1 aliphatic rings. The summed E-state index contributed by atoms with van der Waals surface area (Å²) in [6, 6.07) is 9.85. The van der Waals surface area contributed by atoms with Crippen molar-refractivity contribution in [3.63, 3.8) is 0 Å². The molecule has 1 fully saturated rings. The van der Waals surface area contributed by atoms with Gasteiger partial charge in [0.1, 0.15) is 5.78 Å². The average molecular weight is 369 g/mol.